The predicted molar refractivity (Wildman–Crippen MR) is 144 cm³/mol. The number of hydrogen-bond donors (Lipinski definition) is 1. The molecule has 0 radical (unpaired) electrons. The molecule has 0 atom stereocenters. The van der Waals surface area contributed by atoms with Crippen LogP contribution in [0.25, 0.3) is 0 Å². The van der Waals surface area contributed by atoms with E-state index in [0.29, 0.717) is 18.7 Å². The smallest absolute Gasteiger partial charge is 0.258 e. The van der Waals surface area contributed by atoms with Crippen molar-refractivity contribution in [2.45, 2.75) is 46.1 Å². The Kier molecular flexibility index (Phi) is 7.21. The first-order valence-electron chi connectivity index (χ1n) is 12.7. The molecule has 1 N–H and O–H groups in total. The highest BCUT2D eigenvalue weighted by molar-refractivity contribution is 6.13. The van der Waals surface area contributed by atoms with Crippen LogP contribution in [0.15, 0.2) is 42.6 Å². The Morgan fingerprint density at radius 3 is 2.75 bits per heavy atom. The van der Waals surface area contributed by atoms with Crippen LogP contribution in [0.4, 0.5) is 17.2 Å². The van der Waals surface area contributed by atoms with E-state index in [-0.39, 0.29) is 5.91 Å². The van der Waals surface area contributed by atoms with Gasteiger partial charge in [0.05, 0.1) is 30.7 Å². The Hall–Kier alpha value is -3.03. The van der Waals surface area contributed by atoms with Gasteiger partial charge in [-0.1, -0.05) is 6.07 Å². The molecule has 1 saturated heterocycles. The van der Waals surface area contributed by atoms with Crippen molar-refractivity contribution in [1.82, 2.24) is 14.2 Å². The number of aryl methyl sites for hydroxylation is 3. The molecule has 5 rings (SSSR count). The molecular formula is C28H34ClN5O2. The van der Waals surface area contributed by atoms with Gasteiger partial charge < -0.3 is 15.0 Å². The van der Waals surface area contributed by atoms with Gasteiger partial charge in [0.2, 0.25) is 0 Å². The summed E-state index contributed by atoms with van der Waals surface area (Å²) in [6, 6.07) is 11.9. The van der Waals surface area contributed by atoms with Crippen LogP contribution in [0.5, 0.6) is 5.75 Å². The van der Waals surface area contributed by atoms with Crippen molar-refractivity contribution < 1.29 is 9.53 Å². The largest absolute Gasteiger partial charge is 0.493 e. The van der Waals surface area contributed by atoms with Crippen LogP contribution in [0, 0.1) is 19.8 Å². The minimum atomic E-state index is -0.0427. The molecule has 3 heterocycles. The lowest BCUT2D eigenvalue weighted by Crippen LogP contribution is -2.30. The number of ether oxygens (including phenoxy) is 1. The van der Waals surface area contributed by atoms with Crippen LogP contribution in [-0.2, 0) is 13.6 Å². The van der Waals surface area contributed by atoms with E-state index in [0.717, 1.165) is 77.9 Å². The molecule has 0 unspecified atom stereocenters. The van der Waals surface area contributed by atoms with Gasteiger partial charge in [-0.05, 0) is 98.7 Å². The quantitative estimate of drug-likeness (QED) is 0.329. The van der Waals surface area contributed by atoms with Crippen LogP contribution in [0.2, 0.25) is 0 Å². The fourth-order valence-corrected chi connectivity index (χ4v) is 5.35. The van der Waals surface area contributed by atoms with Crippen molar-refractivity contribution in [3.05, 3.63) is 64.8 Å². The Balaban J connectivity index is 1.28. The van der Waals surface area contributed by atoms with Crippen LogP contribution in [0.3, 0.4) is 0 Å². The molecule has 8 heteroatoms. The van der Waals surface area contributed by atoms with Crippen molar-refractivity contribution in [2.24, 2.45) is 13.0 Å². The second kappa shape index (κ2) is 10.5. The summed E-state index contributed by atoms with van der Waals surface area (Å²) in [7, 11) is 1.91. The number of hydrogen-bond acceptors (Lipinski definition) is 5. The van der Waals surface area contributed by atoms with Gasteiger partial charge in [-0.15, -0.1) is 0 Å². The maximum absolute atomic E-state index is 13.8. The van der Waals surface area contributed by atoms with Crippen molar-refractivity contribution >= 4 is 34.9 Å². The first kappa shape index (κ1) is 24.7. The Bertz CT molecular complexity index is 1250. The normalized spacial score (nSPS) is 16.2. The molecule has 2 aromatic carbocycles. The summed E-state index contributed by atoms with van der Waals surface area (Å²) in [5, 5.41) is 7.87. The highest BCUT2D eigenvalue weighted by Gasteiger charge is 2.27. The van der Waals surface area contributed by atoms with Gasteiger partial charge in [-0.25, -0.2) is 4.42 Å². The Labute approximate surface area is 218 Å². The van der Waals surface area contributed by atoms with Crippen molar-refractivity contribution in [3.8, 4) is 5.75 Å². The van der Waals surface area contributed by atoms with E-state index in [1.807, 2.05) is 71.4 Å². The molecule has 0 bridgehead atoms. The summed E-state index contributed by atoms with van der Waals surface area (Å²) in [5.74, 6) is 2.44. The molecule has 1 amide bonds. The zero-order valence-corrected chi connectivity index (χ0v) is 22.0. The number of carbonyl (C=O) groups excluding carboxylic acids is 1. The van der Waals surface area contributed by atoms with Gasteiger partial charge in [-0.2, -0.15) is 5.10 Å². The highest BCUT2D eigenvalue weighted by atomic mass is 35.5. The third kappa shape index (κ3) is 5.22. The molecule has 7 nitrogen and oxygen atoms in total. The van der Waals surface area contributed by atoms with Crippen LogP contribution in [0.1, 0.15) is 52.7 Å². The second-order valence-corrected chi connectivity index (χ2v) is 10.5. The molecule has 190 valence electrons. The van der Waals surface area contributed by atoms with E-state index in [2.05, 4.69) is 16.5 Å². The third-order valence-corrected chi connectivity index (χ3v) is 7.62. The molecular weight excluding hydrogens is 474 g/mol. The molecule has 0 spiro atoms. The SMILES string of the molecule is Cc1ccc2c(c1)Nc1c(cnn1C)CN2C(=O)c1ccc(OCCCC2CCN(Cl)CC2)c(C)c1. The van der Waals surface area contributed by atoms with Crippen LogP contribution < -0.4 is 15.0 Å². The van der Waals surface area contributed by atoms with Gasteiger partial charge in [0.1, 0.15) is 11.6 Å². The summed E-state index contributed by atoms with van der Waals surface area (Å²) < 4.78 is 9.78. The fraction of sp³-hybridized carbons (Fsp3) is 0.429. The average Bonchev–Trinajstić information content (AvgIpc) is 3.11. The third-order valence-electron chi connectivity index (χ3n) is 7.28. The van der Waals surface area contributed by atoms with Gasteiger partial charge >= 0.3 is 0 Å². The first-order chi connectivity index (χ1) is 17.4. The number of piperidine rings is 1. The molecule has 2 aliphatic rings. The molecule has 0 saturated carbocycles. The lowest BCUT2D eigenvalue weighted by Gasteiger charge is -2.26. The van der Waals surface area contributed by atoms with E-state index in [1.54, 1.807) is 0 Å². The number of nitrogens with zero attached hydrogens (tertiary/aromatic N) is 4. The number of fused-ring (bicyclic) bond motifs is 2. The van der Waals surface area contributed by atoms with E-state index in [4.69, 9.17) is 16.5 Å². The van der Waals surface area contributed by atoms with Gasteiger partial charge in [-0.3, -0.25) is 9.48 Å². The molecule has 1 aromatic heterocycles. The molecule has 36 heavy (non-hydrogen) atoms. The summed E-state index contributed by atoms with van der Waals surface area (Å²) in [4.78, 5) is 15.6. The van der Waals surface area contributed by atoms with Gasteiger partial charge in [0, 0.05) is 31.3 Å². The number of carbonyl (C=O) groups is 1. The van der Waals surface area contributed by atoms with E-state index in [9.17, 15) is 4.79 Å². The first-order valence-corrected chi connectivity index (χ1v) is 13.1. The van der Waals surface area contributed by atoms with Crippen molar-refractivity contribution in [3.63, 3.8) is 0 Å². The van der Waals surface area contributed by atoms with Gasteiger partial charge in [0.15, 0.2) is 0 Å². The number of benzene rings is 2. The van der Waals surface area contributed by atoms with Crippen LogP contribution in [-0.4, -0.2) is 39.8 Å². The second-order valence-electron chi connectivity index (χ2n) is 10.0. The van der Waals surface area contributed by atoms with Crippen molar-refractivity contribution in [2.75, 3.05) is 29.9 Å². The highest BCUT2D eigenvalue weighted by Crippen LogP contribution is 2.37. The standard InChI is InChI=1S/C28H34ClN5O2/c1-19-6-8-25-24(15-19)31-27-23(17-30-32(27)3)18-34(25)28(35)22-7-9-26(20(2)16-22)36-14-4-5-21-10-12-33(29)13-11-21/h6-9,15-17,21,31H,4-5,10-14,18H2,1-3H3. The summed E-state index contributed by atoms with van der Waals surface area (Å²) in [5.41, 5.74) is 5.48. The average molecular weight is 508 g/mol. The molecule has 2 aliphatic heterocycles. The zero-order chi connectivity index (χ0) is 25.2. The fourth-order valence-electron chi connectivity index (χ4n) is 5.15. The number of rotatable bonds is 6. The number of amides is 1. The maximum Gasteiger partial charge on any atom is 0.258 e. The lowest BCUT2D eigenvalue weighted by atomic mass is 9.93. The number of aromatic nitrogens is 2. The summed E-state index contributed by atoms with van der Waals surface area (Å²) >= 11 is 6.06. The summed E-state index contributed by atoms with van der Waals surface area (Å²) in [6.07, 6.45) is 6.34. The summed E-state index contributed by atoms with van der Waals surface area (Å²) in [6.45, 7) is 7.13. The molecule has 3 aromatic rings. The minimum Gasteiger partial charge on any atom is -0.493 e. The zero-order valence-electron chi connectivity index (χ0n) is 21.3. The monoisotopic (exact) mass is 507 g/mol. The predicted octanol–water partition coefficient (Wildman–Crippen LogP) is 5.97. The lowest BCUT2D eigenvalue weighted by molar-refractivity contribution is 0.0985. The van der Waals surface area contributed by atoms with Crippen LogP contribution >= 0.6 is 11.8 Å². The number of nitrogens with one attached hydrogen (secondary N) is 1. The molecule has 1 fully saturated rings. The molecule has 0 aliphatic carbocycles. The van der Waals surface area contributed by atoms with Gasteiger partial charge in [0.25, 0.3) is 5.91 Å². The van der Waals surface area contributed by atoms with E-state index >= 15 is 0 Å². The Morgan fingerprint density at radius 2 is 1.97 bits per heavy atom. The Morgan fingerprint density at radius 1 is 1.17 bits per heavy atom. The number of halogens is 1. The van der Waals surface area contributed by atoms with Crippen molar-refractivity contribution in [1.29, 1.82) is 0 Å². The number of anilines is 3. The topological polar surface area (TPSA) is 62.6 Å². The van der Waals surface area contributed by atoms with E-state index < -0.39 is 0 Å². The maximum atomic E-state index is 13.8. The van der Waals surface area contributed by atoms with E-state index in [1.165, 1.54) is 6.42 Å². The minimum absolute atomic E-state index is 0.0427.